The molecule has 7 heteroatoms. The summed E-state index contributed by atoms with van der Waals surface area (Å²) in [4.78, 5) is 26.2. The molecule has 1 fully saturated rings. The molecule has 0 saturated carbocycles. The number of rotatable bonds is 2. The summed E-state index contributed by atoms with van der Waals surface area (Å²) in [6.45, 7) is 1.70. The highest BCUT2D eigenvalue weighted by Gasteiger charge is 2.15. The number of fused-ring (bicyclic) bond motifs is 1. The fourth-order valence-electron chi connectivity index (χ4n) is 2.54. The topological polar surface area (TPSA) is 88.9 Å². The highest BCUT2D eigenvalue weighted by Crippen LogP contribution is 2.19. The molecule has 1 aliphatic heterocycles. The highest BCUT2D eigenvalue weighted by molar-refractivity contribution is 5.86. The van der Waals surface area contributed by atoms with Gasteiger partial charge in [0.25, 0.3) is 0 Å². The van der Waals surface area contributed by atoms with Gasteiger partial charge in [-0.25, -0.2) is 9.97 Å². The van der Waals surface area contributed by atoms with Crippen molar-refractivity contribution in [3.05, 3.63) is 18.6 Å². The van der Waals surface area contributed by atoms with Crippen molar-refractivity contribution in [2.24, 2.45) is 0 Å². The van der Waals surface area contributed by atoms with Crippen molar-refractivity contribution >= 4 is 22.8 Å². The molecule has 0 bridgehead atoms. The molecule has 3 heterocycles. The lowest BCUT2D eigenvalue weighted by atomic mass is 10.1. The lowest BCUT2D eigenvalue weighted by Gasteiger charge is -2.25. The van der Waals surface area contributed by atoms with E-state index in [9.17, 15) is 4.79 Å². The summed E-state index contributed by atoms with van der Waals surface area (Å²) >= 11 is 0. The number of nitrogens with zero attached hydrogens (tertiary/aromatic N) is 5. The zero-order chi connectivity index (χ0) is 16.7. The maximum absolute atomic E-state index is 11.1. The van der Waals surface area contributed by atoms with Crippen LogP contribution < -0.4 is 4.90 Å². The van der Waals surface area contributed by atoms with Gasteiger partial charge in [-0.2, -0.15) is 5.26 Å². The number of carbonyl (C=O) groups excluding carboxylic acids is 1. The van der Waals surface area contributed by atoms with E-state index in [1.54, 1.807) is 11.2 Å². The van der Waals surface area contributed by atoms with Gasteiger partial charge < -0.3 is 14.8 Å². The molecule has 23 heavy (non-hydrogen) atoms. The van der Waals surface area contributed by atoms with Crippen molar-refractivity contribution in [1.29, 1.82) is 5.26 Å². The Bertz CT molecular complexity index is 681. The number of anilines is 1. The van der Waals surface area contributed by atoms with Crippen molar-refractivity contribution < 1.29 is 4.79 Å². The SMILES string of the molecule is CN(C)c1ncnc2[nH]ccc12.N#CCC(=O)N1CCCCC1. The van der Waals surface area contributed by atoms with Gasteiger partial charge in [-0.05, 0) is 25.3 Å². The van der Waals surface area contributed by atoms with E-state index < -0.39 is 0 Å². The molecule has 1 N–H and O–H groups in total. The Balaban J connectivity index is 0.000000168. The first-order valence-electron chi connectivity index (χ1n) is 7.73. The zero-order valence-corrected chi connectivity index (χ0v) is 13.6. The Morgan fingerprint density at radius 3 is 2.74 bits per heavy atom. The number of piperidine rings is 1. The molecule has 1 aliphatic rings. The van der Waals surface area contributed by atoms with E-state index in [-0.39, 0.29) is 12.3 Å². The molecule has 0 unspecified atom stereocenters. The Morgan fingerprint density at radius 2 is 2.09 bits per heavy atom. The van der Waals surface area contributed by atoms with E-state index in [1.165, 1.54) is 6.42 Å². The van der Waals surface area contributed by atoms with E-state index in [2.05, 4.69) is 15.0 Å². The molecule has 0 radical (unpaired) electrons. The molecule has 3 rings (SSSR count). The largest absolute Gasteiger partial charge is 0.362 e. The van der Waals surface area contributed by atoms with Crippen molar-refractivity contribution in [3.63, 3.8) is 0 Å². The Kier molecular flexibility index (Phi) is 5.92. The third-order valence-corrected chi connectivity index (χ3v) is 3.70. The number of nitrogens with one attached hydrogen (secondary N) is 1. The summed E-state index contributed by atoms with van der Waals surface area (Å²) in [5.41, 5.74) is 0.883. The first-order chi connectivity index (χ1) is 11.1. The van der Waals surface area contributed by atoms with Crippen molar-refractivity contribution in [1.82, 2.24) is 19.9 Å². The van der Waals surface area contributed by atoms with E-state index in [4.69, 9.17) is 5.26 Å². The van der Waals surface area contributed by atoms with Crippen molar-refractivity contribution in [2.45, 2.75) is 25.7 Å². The van der Waals surface area contributed by atoms with E-state index in [0.29, 0.717) is 0 Å². The number of amides is 1. The number of hydrogen-bond donors (Lipinski definition) is 1. The Hall–Kier alpha value is -2.62. The van der Waals surface area contributed by atoms with Gasteiger partial charge in [-0.15, -0.1) is 0 Å². The quantitative estimate of drug-likeness (QED) is 0.915. The molecule has 1 amide bonds. The number of H-pyrrole nitrogens is 1. The highest BCUT2D eigenvalue weighted by atomic mass is 16.2. The third-order valence-electron chi connectivity index (χ3n) is 3.70. The van der Waals surface area contributed by atoms with Crippen LogP contribution in [0.15, 0.2) is 18.6 Å². The number of hydrogen-bond acceptors (Lipinski definition) is 5. The molecular formula is C16H22N6O. The summed E-state index contributed by atoms with van der Waals surface area (Å²) in [5, 5.41) is 9.33. The van der Waals surface area contributed by atoms with Crippen LogP contribution in [0.1, 0.15) is 25.7 Å². The van der Waals surface area contributed by atoms with Crippen molar-refractivity contribution in [3.8, 4) is 6.07 Å². The molecule has 1 saturated heterocycles. The van der Waals surface area contributed by atoms with Gasteiger partial charge in [-0.1, -0.05) is 0 Å². The molecule has 0 atom stereocenters. The molecular weight excluding hydrogens is 292 g/mol. The van der Waals surface area contributed by atoms with Crippen molar-refractivity contribution in [2.75, 3.05) is 32.1 Å². The standard InChI is InChI=1S/C8H10N4.C8H12N2O/c1-12(2)8-6-3-4-9-7(6)10-5-11-8;9-5-4-8(11)10-6-2-1-3-7-10/h3-5H,1-2H3,(H,9,10,11);1-4,6-7H2. The monoisotopic (exact) mass is 314 g/mol. The van der Waals surface area contributed by atoms with Crippen LogP contribution in [0.4, 0.5) is 5.82 Å². The van der Waals surface area contributed by atoms with Gasteiger partial charge in [0.2, 0.25) is 5.91 Å². The fraction of sp³-hybridized carbons (Fsp3) is 0.500. The van der Waals surface area contributed by atoms with E-state index >= 15 is 0 Å². The third kappa shape index (κ3) is 4.42. The van der Waals surface area contributed by atoms with E-state index in [1.807, 2.05) is 37.3 Å². The van der Waals surface area contributed by atoms with Gasteiger partial charge in [-0.3, -0.25) is 4.79 Å². The molecule has 2 aromatic rings. The summed E-state index contributed by atoms with van der Waals surface area (Å²) in [7, 11) is 3.93. The lowest BCUT2D eigenvalue weighted by Crippen LogP contribution is -2.35. The average Bonchev–Trinajstić information content (AvgIpc) is 3.05. The van der Waals surface area contributed by atoms with Crippen LogP contribution in [0, 0.1) is 11.3 Å². The Labute approximate surface area is 135 Å². The maximum Gasteiger partial charge on any atom is 0.236 e. The minimum absolute atomic E-state index is 0.00722. The first kappa shape index (κ1) is 16.7. The molecule has 0 spiro atoms. The molecule has 2 aromatic heterocycles. The van der Waals surface area contributed by atoms with Crippen LogP contribution in [0.25, 0.3) is 11.0 Å². The zero-order valence-electron chi connectivity index (χ0n) is 13.6. The summed E-state index contributed by atoms with van der Waals surface area (Å²) in [6.07, 6.45) is 6.88. The second kappa shape index (κ2) is 8.13. The maximum atomic E-state index is 11.1. The molecule has 122 valence electrons. The molecule has 0 aliphatic carbocycles. The van der Waals surface area contributed by atoms with Crippen LogP contribution >= 0.6 is 0 Å². The molecule has 7 nitrogen and oxygen atoms in total. The Morgan fingerprint density at radius 1 is 1.35 bits per heavy atom. The normalized spacial score (nSPS) is 13.9. The van der Waals surface area contributed by atoms with Crippen LogP contribution in [0.2, 0.25) is 0 Å². The lowest BCUT2D eigenvalue weighted by molar-refractivity contribution is -0.130. The van der Waals surface area contributed by atoms with Crippen LogP contribution in [-0.2, 0) is 4.79 Å². The number of aromatic nitrogens is 3. The smallest absolute Gasteiger partial charge is 0.236 e. The summed E-state index contributed by atoms with van der Waals surface area (Å²) in [5.74, 6) is 0.938. The van der Waals surface area contributed by atoms with Gasteiger partial charge in [0.1, 0.15) is 24.2 Å². The fourth-order valence-corrected chi connectivity index (χ4v) is 2.54. The number of nitriles is 1. The first-order valence-corrected chi connectivity index (χ1v) is 7.73. The van der Waals surface area contributed by atoms with Crippen LogP contribution in [0.5, 0.6) is 0 Å². The van der Waals surface area contributed by atoms with E-state index in [0.717, 1.165) is 42.8 Å². The predicted octanol–water partition coefficient (Wildman–Crippen LogP) is 1.94. The molecule has 0 aromatic carbocycles. The second-order valence-corrected chi connectivity index (χ2v) is 5.61. The summed E-state index contributed by atoms with van der Waals surface area (Å²) in [6, 6.07) is 3.85. The minimum atomic E-state index is -0.00722. The van der Waals surface area contributed by atoms with Crippen LogP contribution in [0.3, 0.4) is 0 Å². The predicted molar refractivity (Wildman–Crippen MR) is 88.9 cm³/mol. The summed E-state index contributed by atoms with van der Waals surface area (Å²) < 4.78 is 0. The average molecular weight is 314 g/mol. The minimum Gasteiger partial charge on any atom is -0.362 e. The van der Waals surface area contributed by atoms with Crippen LogP contribution in [-0.4, -0.2) is 52.9 Å². The second-order valence-electron chi connectivity index (χ2n) is 5.61. The van der Waals surface area contributed by atoms with Gasteiger partial charge in [0.15, 0.2) is 0 Å². The van der Waals surface area contributed by atoms with Gasteiger partial charge >= 0.3 is 0 Å². The number of aromatic amines is 1. The number of carbonyl (C=O) groups is 1. The number of likely N-dealkylation sites (tertiary alicyclic amines) is 1. The van der Waals surface area contributed by atoms with Gasteiger partial charge in [0.05, 0.1) is 11.5 Å². The van der Waals surface area contributed by atoms with Gasteiger partial charge in [0, 0.05) is 33.4 Å².